The van der Waals surface area contributed by atoms with Gasteiger partial charge in [0.25, 0.3) is 5.91 Å². The highest BCUT2D eigenvalue weighted by Crippen LogP contribution is 2.49. The van der Waals surface area contributed by atoms with E-state index in [1.165, 1.54) is 16.2 Å². The second-order valence-electron chi connectivity index (χ2n) is 9.13. The van der Waals surface area contributed by atoms with Crippen molar-refractivity contribution in [3.63, 3.8) is 0 Å². The number of fused-ring (bicyclic) bond motifs is 3. The summed E-state index contributed by atoms with van der Waals surface area (Å²) in [7, 11) is 0. The van der Waals surface area contributed by atoms with Gasteiger partial charge in [-0.05, 0) is 61.8 Å². The molecule has 2 fully saturated rings. The van der Waals surface area contributed by atoms with Crippen LogP contribution in [-0.2, 0) is 22.4 Å². The number of allylic oxidation sites excluding steroid dienone is 2. The van der Waals surface area contributed by atoms with Crippen LogP contribution >= 0.6 is 11.3 Å². The number of hydrogen-bond acceptors (Lipinski definition) is 4. The van der Waals surface area contributed by atoms with Crippen molar-refractivity contribution in [2.45, 2.75) is 51.5 Å². The molecule has 1 aromatic rings. The van der Waals surface area contributed by atoms with Gasteiger partial charge in [0.05, 0.1) is 17.4 Å². The molecule has 29 heavy (non-hydrogen) atoms. The number of thiophene rings is 1. The first-order valence-corrected chi connectivity index (χ1v) is 11.4. The summed E-state index contributed by atoms with van der Waals surface area (Å²) in [5.74, 6) is -2.05. The van der Waals surface area contributed by atoms with Crippen LogP contribution in [-0.4, -0.2) is 28.9 Å². The van der Waals surface area contributed by atoms with E-state index >= 15 is 0 Å². The summed E-state index contributed by atoms with van der Waals surface area (Å²) in [4.78, 5) is 39.1. The molecule has 0 unspecified atom stereocenters. The SMILES string of the molecule is C[C@@H]1CCc2c(sc(NC(=O)[C@@H]3[C@@H](C(=O)O)[C@H]4C=C[C@@H]3C4)c2C(=O)NC2CC2)C1. The minimum atomic E-state index is -0.909. The standard InChI is InChI=1S/C22H26N2O4S/c1-10-2-7-14-15(8-10)29-21(18(14)20(26)23-13-5-6-13)24-19(25)16-11-3-4-12(9-11)17(16)22(27)28/h3-4,10-13,16-17H,2,5-9H2,1H3,(H,23,26)(H,24,25)(H,27,28)/t10-,11-,12+,16+,17+/m1/s1. The Morgan fingerprint density at radius 3 is 2.52 bits per heavy atom. The van der Waals surface area contributed by atoms with Crippen LogP contribution in [0.25, 0.3) is 0 Å². The van der Waals surface area contributed by atoms with Crippen LogP contribution in [0.15, 0.2) is 12.2 Å². The highest BCUT2D eigenvalue weighted by molar-refractivity contribution is 7.17. The zero-order valence-electron chi connectivity index (χ0n) is 16.4. The zero-order valence-corrected chi connectivity index (χ0v) is 17.3. The molecule has 3 N–H and O–H groups in total. The first-order valence-electron chi connectivity index (χ1n) is 10.6. The summed E-state index contributed by atoms with van der Waals surface area (Å²) >= 11 is 1.50. The summed E-state index contributed by atoms with van der Waals surface area (Å²) in [6.07, 6.45) is 9.48. The van der Waals surface area contributed by atoms with Crippen LogP contribution in [0.5, 0.6) is 0 Å². The summed E-state index contributed by atoms with van der Waals surface area (Å²) in [5, 5.41) is 16.3. The van der Waals surface area contributed by atoms with E-state index in [0.29, 0.717) is 16.5 Å². The molecule has 2 bridgehead atoms. The fraction of sp³-hybridized carbons (Fsp3) is 0.591. The Morgan fingerprint density at radius 1 is 1.10 bits per heavy atom. The van der Waals surface area contributed by atoms with Crippen LogP contribution in [0.4, 0.5) is 5.00 Å². The van der Waals surface area contributed by atoms with Gasteiger partial charge < -0.3 is 15.7 Å². The summed E-state index contributed by atoms with van der Waals surface area (Å²) in [6, 6.07) is 0.246. The lowest BCUT2D eigenvalue weighted by Crippen LogP contribution is -2.36. The van der Waals surface area contributed by atoms with Crippen molar-refractivity contribution < 1.29 is 19.5 Å². The van der Waals surface area contributed by atoms with Crippen LogP contribution in [0.1, 0.15) is 53.4 Å². The Morgan fingerprint density at radius 2 is 1.83 bits per heavy atom. The van der Waals surface area contributed by atoms with Gasteiger partial charge in [0.1, 0.15) is 5.00 Å². The van der Waals surface area contributed by atoms with Crippen LogP contribution < -0.4 is 10.6 Å². The second-order valence-corrected chi connectivity index (χ2v) is 10.2. The topological polar surface area (TPSA) is 95.5 Å². The highest BCUT2D eigenvalue weighted by Gasteiger charge is 2.52. The van der Waals surface area contributed by atoms with Gasteiger partial charge in [-0.15, -0.1) is 11.3 Å². The average molecular weight is 415 g/mol. The lowest BCUT2D eigenvalue weighted by Gasteiger charge is -2.23. The Hall–Kier alpha value is -2.15. The Balaban J connectivity index is 1.44. The van der Waals surface area contributed by atoms with Crippen molar-refractivity contribution in [1.29, 1.82) is 0 Å². The third kappa shape index (κ3) is 3.29. The molecule has 7 heteroatoms. The lowest BCUT2D eigenvalue weighted by atomic mass is 9.82. The number of anilines is 1. The van der Waals surface area contributed by atoms with Gasteiger partial charge >= 0.3 is 5.97 Å². The number of hydrogen-bond donors (Lipinski definition) is 3. The van der Waals surface area contributed by atoms with Gasteiger partial charge in [-0.25, -0.2) is 0 Å². The number of carbonyl (C=O) groups is 3. The van der Waals surface area contributed by atoms with E-state index < -0.39 is 17.8 Å². The minimum absolute atomic E-state index is 0.0283. The summed E-state index contributed by atoms with van der Waals surface area (Å²) in [5.41, 5.74) is 1.69. The van der Waals surface area contributed by atoms with Crippen LogP contribution in [0.2, 0.25) is 0 Å². The number of rotatable bonds is 5. The van der Waals surface area contributed by atoms with Crippen molar-refractivity contribution in [1.82, 2.24) is 5.32 Å². The average Bonchev–Trinajstić information content (AvgIpc) is 3.11. The second kappa shape index (κ2) is 6.97. The van der Waals surface area contributed by atoms with E-state index in [1.807, 2.05) is 12.2 Å². The molecule has 2 amide bonds. The highest BCUT2D eigenvalue weighted by atomic mass is 32.1. The van der Waals surface area contributed by atoms with Gasteiger partial charge in [-0.1, -0.05) is 19.1 Å². The minimum Gasteiger partial charge on any atom is -0.481 e. The fourth-order valence-electron chi connectivity index (χ4n) is 5.28. The molecule has 4 aliphatic rings. The molecule has 1 heterocycles. The normalized spacial score (nSPS) is 32.1. The maximum atomic E-state index is 13.2. The first-order chi connectivity index (χ1) is 13.9. The van der Waals surface area contributed by atoms with E-state index in [-0.39, 0.29) is 29.7 Å². The van der Waals surface area contributed by atoms with Crippen molar-refractivity contribution in [3.8, 4) is 0 Å². The quantitative estimate of drug-likeness (QED) is 0.645. The number of carboxylic acids is 1. The maximum Gasteiger partial charge on any atom is 0.307 e. The summed E-state index contributed by atoms with van der Waals surface area (Å²) < 4.78 is 0. The number of carboxylic acid groups (broad SMARTS) is 1. The van der Waals surface area contributed by atoms with Crippen molar-refractivity contribution in [3.05, 3.63) is 28.2 Å². The Labute approximate surface area is 173 Å². The Kier molecular flexibility index (Phi) is 4.53. The van der Waals surface area contributed by atoms with Gasteiger partial charge in [-0.2, -0.15) is 0 Å². The lowest BCUT2D eigenvalue weighted by molar-refractivity contribution is -0.146. The predicted molar refractivity (Wildman–Crippen MR) is 110 cm³/mol. The molecule has 2 saturated carbocycles. The van der Waals surface area contributed by atoms with E-state index in [1.54, 1.807) is 0 Å². The molecule has 4 aliphatic carbocycles. The smallest absolute Gasteiger partial charge is 0.307 e. The van der Waals surface area contributed by atoms with E-state index in [2.05, 4.69) is 17.6 Å². The van der Waals surface area contributed by atoms with Gasteiger partial charge in [0.2, 0.25) is 5.91 Å². The molecule has 154 valence electrons. The maximum absolute atomic E-state index is 13.2. The van der Waals surface area contributed by atoms with E-state index in [0.717, 1.165) is 44.1 Å². The molecule has 0 aliphatic heterocycles. The molecular weight excluding hydrogens is 388 g/mol. The molecule has 5 atom stereocenters. The molecule has 0 spiro atoms. The number of aliphatic carboxylic acids is 1. The molecule has 1 aromatic heterocycles. The third-order valence-corrected chi connectivity index (χ3v) is 8.10. The van der Waals surface area contributed by atoms with Gasteiger partial charge in [-0.3, -0.25) is 14.4 Å². The van der Waals surface area contributed by atoms with E-state index in [9.17, 15) is 19.5 Å². The van der Waals surface area contributed by atoms with Gasteiger partial charge in [0, 0.05) is 10.9 Å². The number of amides is 2. The number of nitrogens with one attached hydrogen (secondary N) is 2. The summed E-state index contributed by atoms with van der Waals surface area (Å²) in [6.45, 7) is 2.21. The molecule has 5 rings (SSSR count). The predicted octanol–water partition coefficient (Wildman–Crippen LogP) is 3.23. The molecule has 6 nitrogen and oxygen atoms in total. The largest absolute Gasteiger partial charge is 0.481 e. The van der Waals surface area contributed by atoms with Crippen molar-refractivity contribution in [2.24, 2.45) is 29.6 Å². The monoisotopic (exact) mass is 414 g/mol. The molecule has 0 saturated heterocycles. The third-order valence-electron chi connectivity index (χ3n) is 6.94. The Bertz CT molecular complexity index is 916. The molecule has 0 aromatic carbocycles. The van der Waals surface area contributed by atoms with E-state index in [4.69, 9.17) is 0 Å². The first kappa shape index (κ1) is 18.9. The fourth-order valence-corrected chi connectivity index (χ4v) is 6.69. The van der Waals surface area contributed by atoms with Gasteiger partial charge in [0.15, 0.2) is 0 Å². The van der Waals surface area contributed by atoms with Crippen LogP contribution in [0.3, 0.4) is 0 Å². The number of carbonyl (C=O) groups excluding carboxylic acids is 2. The molecular formula is C22H26N2O4S. The molecule has 0 radical (unpaired) electrons. The van der Waals surface area contributed by atoms with Crippen molar-refractivity contribution in [2.75, 3.05) is 5.32 Å². The zero-order chi connectivity index (χ0) is 20.3. The van der Waals surface area contributed by atoms with Crippen LogP contribution in [0, 0.1) is 29.6 Å². The van der Waals surface area contributed by atoms with Crippen molar-refractivity contribution >= 4 is 34.1 Å².